The first kappa shape index (κ1) is 23.7. The number of carbonyl (C=O) groups is 3. The fraction of sp³-hybridized carbons (Fsp3) is 0.400. The van der Waals surface area contributed by atoms with E-state index in [2.05, 4.69) is 22.8 Å². The van der Waals surface area contributed by atoms with Crippen LogP contribution in [0.25, 0.3) is 11.1 Å². The molecule has 4 N–H and O–H groups in total. The third-order valence-corrected chi connectivity index (χ3v) is 6.36. The maximum Gasteiger partial charge on any atom is 0.407 e. The van der Waals surface area contributed by atoms with Crippen LogP contribution >= 0.6 is 0 Å². The molecule has 1 aliphatic carbocycles. The Morgan fingerprint density at radius 2 is 1.71 bits per heavy atom. The Balaban J connectivity index is 1.30. The van der Waals surface area contributed by atoms with Crippen LogP contribution in [0.15, 0.2) is 48.5 Å². The Bertz CT molecular complexity index is 1010. The number of aliphatic hydroxyl groups excluding tert-OH is 1. The van der Waals surface area contributed by atoms with Crippen molar-refractivity contribution in [2.24, 2.45) is 5.92 Å². The van der Waals surface area contributed by atoms with Crippen LogP contribution in [-0.2, 0) is 19.1 Å². The number of alkyl carbamates (subject to hydrolysis) is 1. The summed E-state index contributed by atoms with van der Waals surface area (Å²) >= 11 is 0. The number of carboxylic acids is 1. The number of fused-ring (bicyclic) bond motifs is 3. The summed E-state index contributed by atoms with van der Waals surface area (Å²) < 4.78 is 11.0. The largest absolute Gasteiger partial charge is 0.480 e. The number of hydrogen-bond donors (Lipinski definition) is 4. The van der Waals surface area contributed by atoms with E-state index in [0.717, 1.165) is 22.3 Å². The number of carboxylic acid groups (broad SMARTS) is 1. The summed E-state index contributed by atoms with van der Waals surface area (Å²) in [6, 6.07) is 14.9. The maximum absolute atomic E-state index is 12.5. The van der Waals surface area contributed by atoms with E-state index in [1.165, 1.54) is 0 Å². The zero-order valence-corrected chi connectivity index (χ0v) is 18.6. The molecule has 3 atom stereocenters. The maximum atomic E-state index is 12.5. The van der Waals surface area contributed by atoms with E-state index in [0.29, 0.717) is 13.0 Å². The van der Waals surface area contributed by atoms with Gasteiger partial charge in [0.2, 0.25) is 5.91 Å². The van der Waals surface area contributed by atoms with Crippen LogP contribution < -0.4 is 10.6 Å². The third-order valence-electron chi connectivity index (χ3n) is 6.36. The molecule has 0 aromatic heterocycles. The molecule has 34 heavy (non-hydrogen) atoms. The zero-order valence-electron chi connectivity index (χ0n) is 18.6. The van der Waals surface area contributed by atoms with Gasteiger partial charge in [0.25, 0.3) is 0 Å². The normalized spacial score (nSPS) is 19.7. The summed E-state index contributed by atoms with van der Waals surface area (Å²) in [6.07, 6.45) is -1.03. The minimum absolute atomic E-state index is 0.0500. The predicted octanol–water partition coefficient (Wildman–Crippen LogP) is 1.88. The lowest BCUT2D eigenvalue weighted by molar-refractivity contribution is -0.144. The van der Waals surface area contributed by atoms with Crippen LogP contribution in [0.2, 0.25) is 0 Å². The van der Waals surface area contributed by atoms with Crippen molar-refractivity contribution < 1.29 is 34.1 Å². The van der Waals surface area contributed by atoms with E-state index in [4.69, 9.17) is 19.7 Å². The zero-order chi connectivity index (χ0) is 24.1. The van der Waals surface area contributed by atoms with Gasteiger partial charge >= 0.3 is 12.1 Å². The molecule has 2 aromatic carbocycles. The number of ether oxygens (including phenoxy) is 2. The first-order chi connectivity index (χ1) is 16.5. The lowest BCUT2D eigenvalue weighted by Gasteiger charge is -2.21. The summed E-state index contributed by atoms with van der Waals surface area (Å²) in [5, 5.41) is 23.3. The number of nitrogens with one attached hydrogen (secondary N) is 2. The standard InChI is InChI=1S/C25H28N2O7/c28-11-9-21(24(30)31)27-23(29)22-15(10-12-33-22)13-26-25(32)34-14-20-18-7-3-1-5-16(18)17-6-2-4-8-19(17)20/h1-8,15,20-22,28H,9-14H2,(H,26,32)(H,27,29)(H,30,31)/t15-,21?,22-/m1/s1. The second-order valence-corrected chi connectivity index (χ2v) is 8.46. The van der Waals surface area contributed by atoms with Crippen molar-refractivity contribution in [3.05, 3.63) is 59.7 Å². The van der Waals surface area contributed by atoms with Gasteiger partial charge in [-0.2, -0.15) is 0 Å². The number of aliphatic carboxylic acids is 1. The van der Waals surface area contributed by atoms with E-state index in [1.54, 1.807) is 0 Å². The van der Waals surface area contributed by atoms with Gasteiger partial charge < -0.3 is 30.3 Å². The van der Waals surface area contributed by atoms with E-state index in [1.807, 2.05) is 36.4 Å². The molecule has 0 saturated carbocycles. The summed E-state index contributed by atoms with van der Waals surface area (Å²) in [7, 11) is 0. The molecule has 9 nitrogen and oxygen atoms in total. The monoisotopic (exact) mass is 468 g/mol. The quantitative estimate of drug-likeness (QED) is 0.441. The molecular formula is C25H28N2O7. The molecule has 1 heterocycles. The van der Waals surface area contributed by atoms with Gasteiger partial charge in [0.1, 0.15) is 18.8 Å². The average Bonchev–Trinajstić information content (AvgIpc) is 3.44. The van der Waals surface area contributed by atoms with Crippen LogP contribution in [0.4, 0.5) is 4.79 Å². The Kier molecular flexibility index (Phi) is 7.44. The Hall–Kier alpha value is -3.43. The van der Waals surface area contributed by atoms with Gasteiger partial charge in [-0.25, -0.2) is 9.59 Å². The number of rotatable bonds is 9. The topological polar surface area (TPSA) is 134 Å². The second kappa shape index (κ2) is 10.7. The smallest absolute Gasteiger partial charge is 0.407 e. The average molecular weight is 469 g/mol. The van der Waals surface area contributed by atoms with Crippen molar-refractivity contribution in [2.45, 2.75) is 30.9 Å². The van der Waals surface area contributed by atoms with Gasteiger partial charge in [0.05, 0.1) is 0 Å². The number of carbonyl (C=O) groups excluding carboxylic acids is 2. The molecule has 2 aromatic rings. The lowest BCUT2D eigenvalue weighted by Crippen LogP contribution is -2.48. The summed E-state index contributed by atoms with van der Waals surface area (Å²) in [5.41, 5.74) is 4.52. The molecule has 2 amide bonds. The van der Waals surface area contributed by atoms with Gasteiger partial charge in [0.15, 0.2) is 0 Å². The Morgan fingerprint density at radius 1 is 1.06 bits per heavy atom. The van der Waals surface area contributed by atoms with Crippen molar-refractivity contribution in [2.75, 3.05) is 26.4 Å². The third kappa shape index (κ3) is 5.05. The van der Waals surface area contributed by atoms with Crippen molar-refractivity contribution in [1.82, 2.24) is 10.6 Å². The number of amides is 2. The lowest BCUT2D eigenvalue weighted by atomic mass is 9.98. The Labute approximate surface area is 197 Å². The first-order valence-electron chi connectivity index (χ1n) is 11.3. The second-order valence-electron chi connectivity index (χ2n) is 8.46. The van der Waals surface area contributed by atoms with Crippen molar-refractivity contribution in [3.63, 3.8) is 0 Å². The number of hydrogen-bond acceptors (Lipinski definition) is 6. The number of aliphatic hydroxyl groups is 1. The minimum Gasteiger partial charge on any atom is -0.480 e. The van der Waals surface area contributed by atoms with Gasteiger partial charge in [-0.15, -0.1) is 0 Å². The van der Waals surface area contributed by atoms with Gasteiger partial charge in [-0.1, -0.05) is 48.5 Å². The molecule has 9 heteroatoms. The number of benzene rings is 2. The summed E-state index contributed by atoms with van der Waals surface area (Å²) in [5.74, 6) is -2.17. The van der Waals surface area contributed by atoms with Crippen molar-refractivity contribution >= 4 is 18.0 Å². The molecule has 0 radical (unpaired) electrons. The molecule has 1 aliphatic heterocycles. The van der Waals surface area contributed by atoms with E-state index < -0.39 is 30.1 Å². The van der Waals surface area contributed by atoms with Crippen LogP contribution in [-0.4, -0.2) is 66.7 Å². The Morgan fingerprint density at radius 3 is 2.32 bits per heavy atom. The molecule has 2 aliphatic rings. The summed E-state index contributed by atoms with van der Waals surface area (Å²) in [6.45, 7) is 0.307. The molecule has 4 rings (SSSR count). The van der Waals surface area contributed by atoms with Crippen molar-refractivity contribution in [1.29, 1.82) is 0 Å². The van der Waals surface area contributed by atoms with E-state index in [9.17, 15) is 14.4 Å². The van der Waals surface area contributed by atoms with Gasteiger partial charge in [-0.3, -0.25) is 4.79 Å². The predicted molar refractivity (Wildman–Crippen MR) is 122 cm³/mol. The minimum atomic E-state index is -1.23. The molecule has 180 valence electrons. The molecule has 0 spiro atoms. The highest BCUT2D eigenvalue weighted by atomic mass is 16.5. The van der Waals surface area contributed by atoms with Crippen LogP contribution in [0.1, 0.15) is 29.9 Å². The van der Waals surface area contributed by atoms with Crippen LogP contribution in [0.3, 0.4) is 0 Å². The molecule has 0 bridgehead atoms. The van der Waals surface area contributed by atoms with Gasteiger partial charge in [-0.05, 0) is 28.7 Å². The molecule has 1 fully saturated rings. The fourth-order valence-electron chi connectivity index (χ4n) is 4.64. The van der Waals surface area contributed by atoms with E-state index in [-0.39, 0.29) is 38.0 Å². The molecule has 1 unspecified atom stereocenters. The highest BCUT2D eigenvalue weighted by Crippen LogP contribution is 2.44. The molecular weight excluding hydrogens is 440 g/mol. The van der Waals surface area contributed by atoms with Crippen LogP contribution in [0.5, 0.6) is 0 Å². The van der Waals surface area contributed by atoms with Crippen molar-refractivity contribution in [3.8, 4) is 11.1 Å². The van der Waals surface area contributed by atoms with Crippen LogP contribution in [0, 0.1) is 5.92 Å². The fourth-order valence-corrected chi connectivity index (χ4v) is 4.64. The van der Waals surface area contributed by atoms with E-state index >= 15 is 0 Å². The molecule has 1 saturated heterocycles. The van der Waals surface area contributed by atoms with Gasteiger partial charge in [0, 0.05) is 38.0 Å². The SMILES string of the molecule is O=C(NC[C@H]1CCO[C@H]1C(=O)NC(CCO)C(=O)O)OCC1c2ccccc2-c2ccccc21. The highest BCUT2D eigenvalue weighted by molar-refractivity contribution is 5.86. The highest BCUT2D eigenvalue weighted by Gasteiger charge is 2.36. The first-order valence-corrected chi connectivity index (χ1v) is 11.3. The summed E-state index contributed by atoms with van der Waals surface area (Å²) in [4.78, 5) is 36.2.